The Morgan fingerprint density at radius 1 is 0.710 bits per heavy atom. The van der Waals surface area contributed by atoms with E-state index in [1.165, 1.54) is 15.6 Å². The SMILES string of the molecule is CC1(C)OB([C@@H](c2ccccc2)[C@@H](Cc2ccccc2)[Se]c2ccccc2)OC1(C)C. The van der Waals surface area contributed by atoms with Gasteiger partial charge in [-0.15, -0.1) is 0 Å². The van der Waals surface area contributed by atoms with Crippen LogP contribution in [0.2, 0.25) is 4.82 Å². The van der Waals surface area contributed by atoms with Gasteiger partial charge in [0.05, 0.1) is 0 Å². The predicted octanol–water partition coefficient (Wildman–Crippen LogP) is 5.46. The summed E-state index contributed by atoms with van der Waals surface area (Å²) in [6, 6.07) is 32.5. The molecule has 4 heteroatoms. The minimum atomic E-state index is -0.345. The molecule has 0 aliphatic carbocycles. The van der Waals surface area contributed by atoms with Crippen LogP contribution in [0, 0.1) is 0 Å². The number of benzene rings is 3. The van der Waals surface area contributed by atoms with Crippen LogP contribution >= 0.6 is 0 Å². The second-order valence-corrected chi connectivity index (χ2v) is 12.0. The van der Waals surface area contributed by atoms with Crippen LogP contribution in [-0.4, -0.2) is 33.3 Å². The summed E-state index contributed by atoms with van der Waals surface area (Å²) in [7, 11) is -0.272. The van der Waals surface area contributed by atoms with Crippen molar-refractivity contribution < 1.29 is 9.31 Å². The molecule has 0 radical (unpaired) electrons. The van der Waals surface area contributed by atoms with Gasteiger partial charge in [0, 0.05) is 0 Å². The Labute approximate surface area is 193 Å². The monoisotopic (exact) mass is 478 g/mol. The van der Waals surface area contributed by atoms with Crippen molar-refractivity contribution in [1.82, 2.24) is 0 Å². The summed E-state index contributed by atoms with van der Waals surface area (Å²) in [5, 5.41) is 0. The quantitative estimate of drug-likeness (QED) is 0.421. The zero-order chi connectivity index (χ0) is 21.9. The Morgan fingerprint density at radius 3 is 1.74 bits per heavy atom. The second-order valence-electron chi connectivity index (χ2n) is 9.22. The van der Waals surface area contributed by atoms with Gasteiger partial charge in [0.15, 0.2) is 0 Å². The summed E-state index contributed by atoms with van der Waals surface area (Å²) in [4.78, 5) is 0.398. The van der Waals surface area contributed by atoms with Crippen LogP contribution < -0.4 is 4.46 Å². The predicted molar refractivity (Wildman–Crippen MR) is 131 cm³/mol. The van der Waals surface area contributed by atoms with Crippen molar-refractivity contribution in [2.45, 2.75) is 56.0 Å². The van der Waals surface area contributed by atoms with Gasteiger partial charge >= 0.3 is 194 Å². The Kier molecular flexibility index (Phi) is 6.74. The van der Waals surface area contributed by atoms with E-state index in [0.29, 0.717) is 4.82 Å². The average molecular weight is 477 g/mol. The molecule has 1 heterocycles. The molecule has 1 saturated heterocycles. The molecule has 0 unspecified atom stereocenters. The van der Waals surface area contributed by atoms with Crippen molar-refractivity contribution in [2.24, 2.45) is 0 Å². The molecular weight excluding hydrogens is 446 g/mol. The van der Waals surface area contributed by atoms with Gasteiger partial charge in [0.1, 0.15) is 0 Å². The molecule has 3 aromatic carbocycles. The summed E-state index contributed by atoms with van der Waals surface area (Å²) in [5.74, 6) is 0.155. The van der Waals surface area contributed by atoms with Crippen molar-refractivity contribution in [1.29, 1.82) is 0 Å². The van der Waals surface area contributed by atoms with Crippen LogP contribution in [0.25, 0.3) is 0 Å². The van der Waals surface area contributed by atoms with Crippen molar-refractivity contribution in [3.63, 3.8) is 0 Å². The van der Waals surface area contributed by atoms with Crippen LogP contribution in [-0.2, 0) is 15.7 Å². The summed E-state index contributed by atoms with van der Waals surface area (Å²) < 4.78 is 14.7. The first-order valence-electron chi connectivity index (χ1n) is 11.0. The van der Waals surface area contributed by atoms with Gasteiger partial charge in [-0.25, -0.2) is 0 Å². The zero-order valence-electron chi connectivity index (χ0n) is 18.8. The summed E-state index contributed by atoms with van der Waals surface area (Å²) in [5.41, 5.74) is 1.96. The molecule has 0 bridgehead atoms. The van der Waals surface area contributed by atoms with E-state index >= 15 is 0 Å². The van der Waals surface area contributed by atoms with E-state index in [9.17, 15) is 0 Å². The van der Waals surface area contributed by atoms with E-state index < -0.39 is 0 Å². The first-order chi connectivity index (χ1) is 14.9. The molecule has 3 aromatic rings. The van der Waals surface area contributed by atoms with E-state index in [0.717, 1.165) is 6.42 Å². The standard InChI is InChI=1S/C27H31BO2Se/c1-26(2)27(3,4)30-28(29-26)25(22-16-10-6-11-17-22)24(20-21-14-8-5-9-15-21)31-23-18-12-7-13-19-23/h5-19,24-25H,20H2,1-4H3/t24-,25+/m1/s1. The average Bonchev–Trinajstić information content (AvgIpc) is 2.97. The van der Waals surface area contributed by atoms with Crippen LogP contribution in [0.4, 0.5) is 0 Å². The zero-order valence-corrected chi connectivity index (χ0v) is 20.5. The van der Waals surface area contributed by atoms with Crippen LogP contribution in [0.5, 0.6) is 0 Å². The maximum atomic E-state index is 6.62. The van der Waals surface area contributed by atoms with E-state index in [1.54, 1.807) is 0 Å². The topological polar surface area (TPSA) is 18.5 Å². The van der Waals surface area contributed by atoms with Gasteiger partial charge in [-0.05, 0) is 0 Å². The number of hydrogen-bond acceptors (Lipinski definition) is 2. The van der Waals surface area contributed by atoms with Gasteiger partial charge in [0.2, 0.25) is 0 Å². The van der Waals surface area contributed by atoms with Crippen molar-refractivity contribution in [3.8, 4) is 0 Å². The number of rotatable bonds is 7. The molecular formula is C27H31BO2Se. The first-order valence-corrected chi connectivity index (χ1v) is 12.9. The second kappa shape index (κ2) is 9.34. The molecule has 1 aliphatic heterocycles. The Bertz CT molecular complexity index is 903. The third kappa shape index (κ3) is 5.15. The van der Waals surface area contributed by atoms with Crippen LogP contribution in [0.3, 0.4) is 0 Å². The van der Waals surface area contributed by atoms with Crippen LogP contribution in [0.15, 0.2) is 91.0 Å². The van der Waals surface area contributed by atoms with Gasteiger partial charge in [-0.3, -0.25) is 0 Å². The third-order valence-electron chi connectivity index (χ3n) is 6.46. The molecule has 2 nitrogen and oxygen atoms in total. The van der Waals surface area contributed by atoms with Gasteiger partial charge in [-0.1, -0.05) is 0 Å². The van der Waals surface area contributed by atoms with Crippen molar-refractivity contribution in [2.75, 3.05) is 0 Å². The van der Waals surface area contributed by atoms with E-state index in [2.05, 4.69) is 119 Å². The number of hydrogen-bond donors (Lipinski definition) is 0. The van der Waals surface area contributed by atoms with E-state index in [-0.39, 0.29) is 39.1 Å². The fraction of sp³-hybridized carbons (Fsp3) is 0.333. The Morgan fingerprint density at radius 2 is 1.19 bits per heavy atom. The molecule has 0 amide bonds. The van der Waals surface area contributed by atoms with Gasteiger partial charge in [0.25, 0.3) is 0 Å². The normalized spacial score (nSPS) is 19.2. The molecule has 0 N–H and O–H groups in total. The maximum absolute atomic E-state index is 6.62. The molecule has 0 aromatic heterocycles. The molecule has 0 spiro atoms. The Balaban J connectivity index is 1.74. The minimum absolute atomic E-state index is 0.155. The van der Waals surface area contributed by atoms with E-state index in [4.69, 9.17) is 9.31 Å². The van der Waals surface area contributed by atoms with Gasteiger partial charge < -0.3 is 0 Å². The molecule has 31 heavy (non-hydrogen) atoms. The molecule has 2 atom stereocenters. The fourth-order valence-corrected chi connectivity index (χ4v) is 6.90. The van der Waals surface area contributed by atoms with Crippen LogP contribution in [0.1, 0.15) is 44.6 Å². The molecule has 160 valence electrons. The van der Waals surface area contributed by atoms with Crippen molar-refractivity contribution in [3.05, 3.63) is 102 Å². The summed E-state index contributed by atoms with van der Waals surface area (Å²) in [6.07, 6.45) is 0.999. The first kappa shape index (κ1) is 22.4. The van der Waals surface area contributed by atoms with Gasteiger partial charge in [-0.2, -0.15) is 0 Å². The summed E-state index contributed by atoms with van der Waals surface area (Å²) >= 11 is 0.265. The molecule has 1 aliphatic rings. The van der Waals surface area contributed by atoms with Crippen molar-refractivity contribution >= 4 is 26.5 Å². The fourth-order valence-electron chi connectivity index (χ4n) is 4.02. The summed E-state index contributed by atoms with van der Waals surface area (Å²) in [6.45, 7) is 8.57. The Hall–Kier alpha value is -1.84. The third-order valence-corrected chi connectivity index (χ3v) is 9.20. The van der Waals surface area contributed by atoms with E-state index in [1.807, 2.05) is 0 Å². The molecule has 1 fully saturated rings. The molecule has 4 rings (SSSR count). The molecule has 0 saturated carbocycles.